The lowest BCUT2D eigenvalue weighted by atomic mass is 9.96. The van der Waals surface area contributed by atoms with Gasteiger partial charge in [-0.25, -0.2) is 0 Å². The zero-order valence-corrected chi connectivity index (χ0v) is 19.6. The maximum atomic E-state index is 12.9. The first-order chi connectivity index (χ1) is 15.4. The first kappa shape index (κ1) is 22.1. The van der Waals surface area contributed by atoms with Gasteiger partial charge in [-0.2, -0.15) is 0 Å². The van der Waals surface area contributed by atoms with Crippen molar-refractivity contribution in [1.29, 1.82) is 0 Å². The molecule has 4 nitrogen and oxygen atoms in total. The van der Waals surface area contributed by atoms with Gasteiger partial charge in [0.1, 0.15) is 0 Å². The van der Waals surface area contributed by atoms with Crippen LogP contribution in [0.5, 0.6) is 0 Å². The highest BCUT2D eigenvalue weighted by molar-refractivity contribution is 5.94. The monoisotopic (exact) mass is 427 g/mol. The second-order valence-corrected chi connectivity index (χ2v) is 9.00. The normalized spacial score (nSPS) is 14.5. The van der Waals surface area contributed by atoms with Crippen molar-refractivity contribution in [2.45, 2.75) is 32.9 Å². The van der Waals surface area contributed by atoms with E-state index in [2.05, 4.69) is 84.7 Å². The van der Waals surface area contributed by atoms with Crippen molar-refractivity contribution in [3.63, 3.8) is 0 Å². The van der Waals surface area contributed by atoms with Crippen molar-refractivity contribution in [1.82, 2.24) is 10.2 Å². The van der Waals surface area contributed by atoms with Crippen LogP contribution in [0.4, 0.5) is 5.69 Å². The lowest BCUT2D eigenvalue weighted by Crippen LogP contribution is -2.40. The largest absolute Gasteiger partial charge is 0.378 e. The summed E-state index contributed by atoms with van der Waals surface area (Å²) in [5.41, 5.74) is 8.29. The van der Waals surface area contributed by atoms with Crippen molar-refractivity contribution >= 4 is 11.6 Å². The van der Waals surface area contributed by atoms with E-state index >= 15 is 0 Å². The van der Waals surface area contributed by atoms with Crippen molar-refractivity contribution in [2.24, 2.45) is 0 Å². The van der Waals surface area contributed by atoms with Crippen LogP contribution in [0.1, 0.15) is 44.2 Å². The first-order valence-electron chi connectivity index (χ1n) is 11.4. The van der Waals surface area contributed by atoms with Crippen molar-refractivity contribution in [2.75, 3.05) is 32.1 Å². The fourth-order valence-corrected chi connectivity index (χ4v) is 4.41. The lowest BCUT2D eigenvalue weighted by Gasteiger charge is -2.36. The molecule has 166 valence electrons. The van der Waals surface area contributed by atoms with E-state index in [9.17, 15) is 4.79 Å². The summed E-state index contributed by atoms with van der Waals surface area (Å²) in [4.78, 5) is 17.5. The molecular weight excluding hydrogens is 394 g/mol. The Balaban J connectivity index is 1.56. The van der Waals surface area contributed by atoms with Gasteiger partial charge in [0.15, 0.2) is 0 Å². The zero-order chi connectivity index (χ0) is 22.7. The molecule has 4 rings (SSSR count). The van der Waals surface area contributed by atoms with Crippen molar-refractivity contribution < 1.29 is 4.79 Å². The fraction of sp³-hybridized carbons (Fsp3) is 0.321. The molecule has 0 radical (unpaired) electrons. The second kappa shape index (κ2) is 9.58. The summed E-state index contributed by atoms with van der Waals surface area (Å²) in [5, 5.41) is 3.21. The molecule has 0 saturated heterocycles. The summed E-state index contributed by atoms with van der Waals surface area (Å²) in [6, 6.07) is 23.4. The minimum Gasteiger partial charge on any atom is -0.378 e. The number of nitrogens with one attached hydrogen (secondary N) is 1. The molecule has 0 spiro atoms. The Hall–Kier alpha value is -3.11. The van der Waals surface area contributed by atoms with E-state index in [0.29, 0.717) is 6.54 Å². The van der Waals surface area contributed by atoms with E-state index in [1.165, 1.54) is 27.9 Å². The topological polar surface area (TPSA) is 35.6 Å². The van der Waals surface area contributed by atoms with Gasteiger partial charge in [-0.05, 0) is 72.4 Å². The molecule has 0 saturated carbocycles. The SMILES string of the molecule is Cc1ccc(C(=O)NC[C@@H](c2ccc(N(C)C)cc2)N2CCc3ccccc3C2)cc1C. The molecule has 0 bridgehead atoms. The number of fused-ring (bicyclic) bond motifs is 1. The van der Waals surface area contributed by atoms with Crippen LogP contribution in [0.15, 0.2) is 66.7 Å². The van der Waals surface area contributed by atoms with Crippen LogP contribution < -0.4 is 10.2 Å². The number of anilines is 1. The summed E-state index contributed by atoms with van der Waals surface area (Å²) in [5.74, 6) is -0.0135. The Kier molecular flexibility index (Phi) is 6.61. The number of hydrogen-bond acceptors (Lipinski definition) is 3. The Morgan fingerprint density at radius 1 is 0.969 bits per heavy atom. The molecule has 1 N–H and O–H groups in total. The van der Waals surface area contributed by atoms with E-state index < -0.39 is 0 Å². The molecule has 0 aromatic heterocycles. The molecule has 3 aromatic rings. The standard InChI is InChI=1S/C28H33N3O/c1-20-9-10-24(17-21(20)2)28(32)29-18-27(23-11-13-26(14-12-23)30(3)4)31-16-15-22-7-5-6-8-25(22)19-31/h5-14,17,27H,15-16,18-19H2,1-4H3,(H,29,32)/t27-/m0/s1. The van der Waals surface area contributed by atoms with Gasteiger partial charge in [0.05, 0.1) is 6.04 Å². The number of nitrogens with zero attached hydrogens (tertiary/aromatic N) is 2. The van der Waals surface area contributed by atoms with E-state index in [-0.39, 0.29) is 11.9 Å². The van der Waals surface area contributed by atoms with E-state index in [1.807, 2.05) is 25.1 Å². The van der Waals surface area contributed by atoms with Crippen LogP contribution in [0.3, 0.4) is 0 Å². The zero-order valence-electron chi connectivity index (χ0n) is 19.6. The Morgan fingerprint density at radius 2 is 1.69 bits per heavy atom. The molecule has 1 aliphatic heterocycles. The van der Waals surface area contributed by atoms with Crippen LogP contribution >= 0.6 is 0 Å². The average Bonchev–Trinajstić information content (AvgIpc) is 2.81. The van der Waals surface area contributed by atoms with Gasteiger partial charge < -0.3 is 10.2 Å². The van der Waals surface area contributed by atoms with E-state index in [4.69, 9.17) is 0 Å². The predicted molar refractivity (Wildman–Crippen MR) is 132 cm³/mol. The third-order valence-electron chi connectivity index (χ3n) is 6.62. The van der Waals surface area contributed by atoms with Gasteiger partial charge in [0.25, 0.3) is 5.91 Å². The Morgan fingerprint density at radius 3 is 2.38 bits per heavy atom. The van der Waals surface area contributed by atoms with Gasteiger partial charge >= 0.3 is 0 Å². The van der Waals surface area contributed by atoms with Crippen molar-refractivity contribution in [3.05, 3.63) is 100 Å². The summed E-state index contributed by atoms with van der Waals surface area (Å²) >= 11 is 0. The highest BCUT2D eigenvalue weighted by Gasteiger charge is 2.25. The van der Waals surface area contributed by atoms with Gasteiger partial charge in [-0.15, -0.1) is 0 Å². The molecule has 1 amide bonds. The van der Waals surface area contributed by atoms with Crippen molar-refractivity contribution in [3.8, 4) is 0 Å². The molecule has 1 atom stereocenters. The minimum atomic E-state index is -0.0135. The number of hydrogen-bond donors (Lipinski definition) is 1. The number of carbonyl (C=O) groups is 1. The molecule has 1 heterocycles. The summed E-state index contributed by atoms with van der Waals surface area (Å²) in [7, 11) is 4.11. The number of carbonyl (C=O) groups excluding carboxylic acids is 1. The van der Waals surface area contributed by atoms with Gasteiger partial charge in [-0.3, -0.25) is 9.69 Å². The molecule has 3 aromatic carbocycles. The smallest absolute Gasteiger partial charge is 0.251 e. The van der Waals surface area contributed by atoms with Crippen LogP contribution in [0, 0.1) is 13.8 Å². The molecule has 0 aliphatic carbocycles. The summed E-state index contributed by atoms with van der Waals surface area (Å²) in [6.07, 6.45) is 1.04. The Bertz CT molecular complexity index is 1090. The van der Waals surface area contributed by atoms with Crippen LogP contribution in [-0.4, -0.2) is 38.0 Å². The van der Waals surface area contributed by atoms with Crippen LogP contribution in [-0.2, 0) is 13.0 Å². The van der Waals surface area contributed by atoms with E-state index in [0.717, 1.165) is 30.6 Å². The molecule has 1 aliphatic rings. The van der Waals surface area contributed by atoms with E-state index in [1.54, 1.807) is 0 Å². The third kappa shape index (κ3) is 4.86. The lowest BCUT2D eigenvalue weighted by molar-refractivity contribution is 0.0927. The quantitative estimate of drug-likeness (QED) is 0.608. The van der Waals surface area contributed by atoms with Gasteiger partial charge in [-0.1, -0.05) is 42.5 Å². The fourth-order valence-electron chi connectivity index (χ4n) is 4.41. The highest BCUT2D eigenvalue weighted by atomic mass is 16.1. The number of amides is 1. The molecule has 0 fully saturated rings. The van der Waals surface area contributed by atoms with Gasteiger partial charge in [0, 0.05) is 45.0 Å². The summed E-state index contributed by atoms with van der Waals surface area (Å²) in [6.45, 7) is 6.58. The minimum absolute atomic E-state index is 0.0135. The molecule has 4 heteroatoms. The van der Waals surface area contributed by atoms with Gasteiger partial charge in [0.2, 0.25) is 0 Å². The first-order valence-corrected chi connectivity index (χ1v) is 11.4. The maximum absolute atomic E-state index is 12.9. The molecule has 32 heavy (non-hydrogen) atoms. The summed E-state index contributed by atoms with van der Waals surface area (Å²) < 4.78 is 0. The predicted octanol–water partition coefficient (Wildman–Crippen LogP) is 4.90. The second-order valence-electron chi connectivity index (χ2n) is 9.00. The number of rotatable bonds is 6. The van der Waals surface area contributed by atoms with Crippen LogP contribution in [0.2, 0.25) is 0 Å². The number of aryl methyl sites for hydroxylation is 2. The number of benzene rings is 3. The molecule has 0 unspecified atom stereocenters. The highest BCUT2D eigenvalue weighted by Crippen LogP contribution is 2.29. The average molecular weight is 428 g/mol. The van der Waals surface area contributed by atoms with Crippen LogP contribution in [0.25, 0.3) is 0 Å². The third-order valence-corrected chi connectivity index (χ3v) is 6.62. The Labute approximate surface area is 191 Å². The molecular formula is C28H33N3O. The maximum Gasteiger partial charge on any atom is 0.251 e.